The Kier molecular flexibility index (Phi) is 6.67. The summed E-state index contributed by atoms with van der Waals surface area (Å²) in [6, 6.07) is 15.5. The van der Waals surface area contributed by atoms with Gasteiger partial charge in [0.15, 0.2) is 0 Å². The number of nitrogens with zero attached hydrogens (tertiary/aromatic N) is 1. The van der Waals surface area contributed by atoms with Crippen LogP contribution in [0.15, 0.2) is 48.5 Å². The molecule has 122 valence electrons. The molecule has 2 N–H and O–H groups in total. The molecule has 0 spiro atoms. The third-order valence-electron chi connectivity index (χ3n) is 2.87. The van der Waals surface area contributed by atoms with E-state index in [1.54, 1.807) is 48.5 Å². The maximum absolute atomic E-state index is 11.8. The number of benzene rings is 2. The van der Waals surface area contributed by atoms with E-state index in [4.69, 9.17) is 16.9 Å². The highest BCUT2D eigenvalue weighted by atomic mass is 35.5. The summed E-state index contributed by atoms with van der Waals surface area (Å²) >= 11 is 6.98. The average molecular weight is 360 g/mol. The first-order valence-corrected chi connectivity index (χ1v) is 8.53. The first kappa shape index (κ1) is 17.9. The molecule has 0 aliphatic heterocycles. The number of nitrogens with one attached hydrogen (secondary N) is 2. The minimum Gasteiger partial charge on any atom is -0.325 e. The molecule has 5 nitrogen and oxygen atoms in total. The van der Waals surface area contributed by atoms with Gasteiger partial charge in [0.1, 0.15) is 0 Å². The van der Waals surface area contributed by atoms with Crippen LogP contribution in [0, 0.1) is 11.3 Å². The van der Waals surface area contributed by atoms with Crippen LogP contribution < -0.4 is 10.6 Å². The molecule has 0 aromatic heterocycles. The highest BCUT2D eigenvalue weighted by molar-refractivity contribution is 8.00. The van der Waals surface area contributed by atoms with Crippen molar-refractivity contribution in [2.75, 3.05) is 22.1 Å². The Balaban J connectivity index is 1.73. The van der Waals surface area contributed by atoms with Gasteiger partial charge in [0, 0.05) is 16.4 Å². The Morgan fingerprint density at radius 1 is 1.00 bits per heavy atom. The van der Waals surface area contributed by atoms with Crippen molar-refractivity contribution >= 4 is 46.6 Å². The zero-order valence-electron chi connectivity index (χ0n) is 12.6. The zero-order valence-corrected chi connectivity index (χ0v) is 14.2. The first-order valence-electron chi connectivity index (χ1n) is 7.00. The van der Waals surface area contributed by atoms with Crippen LogP contribution in [-0.2, 0) is 9.59 Å². The maximum Gasteiger partial charge on any atom is 0.234 e. The predicted octanol–water partition coefficient (Wildman–Crippen LogP) is 3.52. The molecule has 7 heteroatoms. The number of halogens is 1. The number of thioether (sulfide) groups is 1. The van der Waals surface area contributed by atoms with Gasteiger partial charge < -0.3 is 10.6 Å². The smallest absolute Gasteiger partial charge is 0.234 e. The van der Waals surface area contributed by atoms with Crippen LogP contribution in [0.2, 0.25) is 5.02 Å². The van der Waals surface area contributed by atoms with Crippen molar-refractivity contribution in [3.8, 4) is 6.07 Å². The summed E-state index contributed by atoms with van der Waals surface area (Å²) in [7, 11) is 0. The fourth-order valence-corrected chi connectivity index (χ4v) is 2.57. The monoisotopic (exact) mass is 359 g/mol. The molecule has 0 saturated carbocycles. The average Bonchev–Trinajstić information content (AvgIpc) is 2.57. The molecule has 0 heterocycles. The maximum atomic E-state index is 11.8. The molecule has 0 bridgehead atoms. The molecule has 0 atom stereocenters. The molecular weight excluding hydrogens is 346 g/mol. The molecule has 0 aliphatic carbocycles. The normalized spacial score (nSPS) is 9.83. The lowest BCUT2D eigenvalue weighted by Crippen LogP contribution is -2.18. The standard InChI is InChI=1S/C17H14ClN3O2S/c18-13-4-6-14(7-5-13)20-16(22)10-24-11-17(23)21-15-3-1-2-12(8-15)9-19/h1-8H,10-11H2,(H,20,22)(H,21,23). The van der Waals surface area contributed by atoms with Gasteiger partial charge >= 0.3 is 0 Å². The number of rotatable bonds is 6. The van der Waals surface area contributed by atoms with Crippen LogP contribution in [0.4, 0.5) is 11.4 Å². The summed E-state index contributed by atoms with van der Waals surface area (Å²) in [6.07, 6.45) is 0. The van der Waals surface area contributed by atoms with Gasteiger partial charge in [-0.25, -0.2) is 0 Å². The molecule has 0 aliphatic rings. The van der Waals surface area contributed by atoms with Gasteiger partial charge in [0.05, 0.1) is 23.1 Å². The van der Waals surface area contributed by atoms with Gasteiger partial charge in [0.2, 0.25) is 11.8 Å². The Morgan fingerprint density at radius 2 is 1.62 bits per heavy atom. The fraction of sp³-hybridized carbons (Fsp3) is 0.118. The lowest BCUT2D eigenvalue weighted by molar-refractivity contribution is -0.114. The summed E-state index contributed by atoms with van der Waals surface area (Å²) in [6.45, 7) is 0. The first-order chi connectivity index (χ1) is 11.6. The molecule has 2 rings (SSSR count). The van der Waals surface area contributed by atoms with E-state index in [1.807, 2.05) is 6.07 Å². The van der Waals surface area contributed by atoms with Gasteiger partial charge in [-0.2, -0.15) is 5.26 Å². The summed E-state index contributed by atoms with van der Waals surface area (Å²) in [4.78, 5) is 23.6. The van der Waals surface area contributed by atoms with E-state index in [9.17, 15) is 9.59 Å². The van der Waals surface area contributed by atoms with Gasteiger partial charge in [-0.05, 0) is 42.5 Å². The van der Waals surface area contributed by atoms with E-state index in [2.05, 4.69) is 10.6 Å². The molecule has 24 heavy (non-hydrogen) atoms. The lowest BCUT2D eigenvalue weighted by Gasteiger charge is -2.06. The van der Waals surface area contributed by atoms with E-state index < -0.39 is 0 Å². The van der Waals surface area contributed by atoms with Crippen LogP contribution in [0.3, 0.4) is 0 Å². The molecule has 0 fully saturated rings. The van der Waals surface area contributed by atoms with E-state index in [-0.39, 0.29) is 23.3 Å². The summed E-state index contributed by atoms with van der Waals surface area (Å²) in [5.74, 6) is -0.116. The Labute approximate surface area is 149 Å². The molecule has 2 aromatic rings. The highest BCUT2D eigenvalue weighted by Crippen LogP contribution is 2.14. The topological polar surface area (TPSA) is 82.0 Å². The quantitative estimate of drug-likeness (QED) is 0.826. The third-order valence-corrected chi connectivity index (χ3v) is 4.05. The molecular formula is C17H14ClN3O2S. The number of carbonyl (C=O) groups is 2. The molecule has 0 radical (unpaired) electrons. The van der Waals surface area contributed by atoms with Crippen molar-refractivity contribution in [1.29, 1.82) is 5.26 Å². The van der Waals surface area contributed by atoms with E-state index >= 15 is 0 Å². The van der Waals surface area contributed by atoms with Crippen LogP contribution >= 0.6 is 23.4 Å². The summed E-state index contributed by atoms with van der Waals surface area (Å²) in [5, 5.41) is 14.8. The van der Waals surface area contributed by atoms with Gasteiger partial charge in [-0.1, -0.05) is 17.7 Å². The van der Waals surface area contributed by atoms with Gasteiger partial charge in [0.25, 0.3) is 0 Å². The number of anilines is 2. The summed E-state index contributed by atoms with van der Waals surface area (Å²) < 4.78 is 0. The second-order valence-corrected chi connectivity index (χ2v) is 6.21. The SMILES string of the molecule is N#Cc1cccc(NC(=O)CSCC(=O)Nc2ccc(Cl)cc2)c1. The summed E-state index contributed by atoms with van der Waals surface area (Å²) in [5.41, 5.74) is 1.69. The molecule has 2 aromatic carbocycles. The number of hydrogen-bond donors (Lipinski definition) is 2. The van der Waals surface area contributed by atoms with Crippen LogP contribution in [-0.4, -0.2) is 23.3 Å². The van der Waals surface area contributed by atoms with Gasteiger partial charge in [-0.15, -0.1) is 11.8 Å². The van der Waals surface area contributed by atoms with Crippen molar-refractivity contribution in [1.82, 2.24) is 0 Å². The van der Waals surface area contributed by atoms with Crippen LogP contribution in [0.25, 0.3) is 0 Å². The predicted molar refractivity (Wildman–Crippen MR) is 97.2 cm³/mol. The number of nitriles is 1. The van der Waals surface area contributed by atoms with Crippen molar-refractivity contribution in [2.45, 2.75) is 0 Å². The molecule has 0 unspecified atom stereocenters. The van der Waals surface area contributed by atoms with Crippen molar-refractivity contribution in [3.63, 3.8) is 0 Å². The van der Waals surface area contributed by atoms with Gasteiger partial charge in [-0.3, -0.25) is 9.59 Å². The Morgan fingerprint density at radius 3 is 2.25 bits per heavy atom. The Hall–Kier alpha value is -2.49. The number of amides is 2. The largest absolute Gasteiger partial charge is 0.325 e. The number of hydrogen-bond acceptors (Lipinski definition) is 4. The van der Waals surface area contributed by atoms with Crippen LogP contribution in [0.1, 0.15) is 5.56 Å². The van der Waals surface area contributed by atoms with Crippen molar-refractivity contribution < 1.29 is 9.59 Å². The molecule has 2 amide bonds. The van der Waals surface area contributed by atoms with Crippen molar-refractivity contribution in [2.24, 2.45) is 0 Å². The van der Waals surface area contributed by atoms with E-state index in [0.29, 0.717) is 22.0 Å². The third kappa shape index (κ3) is 5.95. The van der Waals surface area contributed by atoms with Crippen molar-refractivity contribution in [3.05, 3.63) is 59.1 Å². The van der Waals surface area contributed by atoms with Crippen LogP contribution in [0.5, 0.6) is 0 Å². The zero-order chi connectivity index (χ0) is 17.4. The fourth-order valence-electron chi connectivity index (χ4n) is 1.83. The minimum atomic E-state index is -0.227. The molecule has 0 saturated heterocycles. The Bertz CT molecular complexity index is 772. The van der Waals surface area contributed by atoms with E-state index in [1.165, 1.54) is 11.8 Å². The minimum absolute atomic E-state index is 0.144. The number of carbonyl (C=O) groups excluding carboxylic acids is 2. The second-order valence-electron chi connectivity index (χ2n) is 4.79. The lowest BCUT2D eigenvalue weighted by atomic mass is 10.2. The van der Waals surface area contributed by atoms with E-state index in [0.717, 1.165) is 0 Å². The second kappa shape index (κ2) is 8.96. The highest BCUT2D eigenvalue weighted by Gasteiger charge is 2.07.